The summed E-state index contributed by atoms with van der Waals surface area (Å²) in [5, 5.41) is 10.1. The molecule has 0 radical (unpaired) electrons. The molecule has 1 aromatic rings. The fourth-order valence-electron chi connectivity index (χ4n) is 1.16. The van der Waals surface area contributed by atoms with Crippen LogP contribution in [0.2, 0.25) is 0 Å². The monoisotopic (exact) mass is 234 g/mol. The third-order valence-corrected chi connectivity index (χ3v) is 3.26. The smallest absolute Gasteiger partial charge is 0.256 e. The normalized spacial score (nSPS) is 12.3. The van der Waals surface area contributed by atoms with E-state index in [1.165, 1.54) is 18.0 Å². The molecule has 0 bridgehead atoms. The molecule has 0 aromatic carbocycles. The van der Waals surface area contributed by atoms with Crippen LogP contribution in [0.5, 0.6) is 0 Å². The molecular formula is C8H14N2O4S. The van der Waals surface area contributed by atoms with Gasteiger partial charge in [0.25, 0.3) is 10.0 Å². The molecule has 15 heavy (non-hydrogen) atoms. The third kappa shape index (κ3) is 2.78. The van der Waals surface area contributed by atoms with Crippen molar-refractivity contribution >= 4 is 10.0 Å². The van der Waals surface area contributed by atoms with Gasteiger partial charge in [0.05, 0.1) is 0 Å². The van der Waals surface area contributed by atoms with Crippen molar-refractivity contribution in [3.8, 4) is 0 Å². The fourth-order valence-corrected chi connectivity index (χ4v) is 2.44. The van der Waals surface area contributed by atoms with Gasteiger partial charge in [-0.25, -0.2) is 13.4 Å². The lowest BCUT2D eigenvalue weighted by atomic mass is 10.4. The van der Waals surface area contributed by atoms with Gasteiger partial charge in [0.15, 0.2) is 0 Å². The van der Waals surface area contributed by atoms with Crippen molar-refractivity contribution in [3.63, 3.8) is 0 Å². The molecule has 1 heterocycles. The van der Waals surface area contributed by atoms with Crippen molar-refractivity contribution < 1.29 is 17.9 Å². The van der Waals surface area contributed by atoms with Crippen molar-refractivity contribution in [3.05, 3.63) is 17.6 Å². The van der Waals surface area contributed by atoms with E-state index in [9.17, 15) is 8.42 Å². The van der Waals surface area contributed by atoms with E-state index in [1.54, 1.807) is 14.1 Å². The number of aliphatic hydroxyl groups excluding tert-OH is 1. The van der Waals surface area contributed by atoms with Gasteiger partial charge in [-0.05, 0) is 6.92 Å². The van der Waals surface area contributed by atoms with Gasteiger partial charge in [0.2, 0.25) is 0 Å². The molecule has 0 amide bonds. The van der Waals surface area contributed by atoms with Crippen LogP contribution in [0.1, 0.15) is 11.5 Å². The number of hydrazine groups is 1. The maximum atomic E-state index is 11.7. The van der Waals surface area contributed by atoms with Gasteiger partial charge < -0.3 is 9.52 Å². The number of aryl methyl sites for hydroxylation is 1. The number of hydrogen-bond donors (Lipinski definition) is 2. The lowest BCUT2D eigenvalue weighted by Crippen LogP contribution is -2.36. The lowest BCUT2D eigenvalue weighted by Gasteiger charge is -2.11. The van der Waals surface area contributed by atoms with Gasteiger partial charge in [0.1, 0.15) is 23.0 Å². The highest BCUT2D eigenvalue weighted by atomic mass is 32.2. The topological polar surface area (TPSA) is 82.8 Å². The summed E-state index contributed by atoms with van der Waals surface area (Å²) in [5.41, 5.74) is 0. The Hall–Kier alpha value is -0.890. The molecule has 0 unspecified atom stereocenters. The average Bonchev–Trinajstić information content (AvgIpc) is 2.45. The van der Waals surface area contributed by atoms with E-state index in [1.807, 2.05) is 0 Å². The Morgan fingerprint density at radius 3 is 2.53 bits per heavy atom. The summed E-state index contributed by atoms with van der Waals surface area (Å²) in [6, 6.07) is 1.31. The standard InChI is InChI=1S/C8H14N2O4S/c1-6-8(4-7(5-11)14-6)15(12,13)9-10(2)3/h4,9,11H,5H2,1-3H3. The van der Waals surface area contributed by atoms with Crippen LogP contribution in [0, 0.1) is 6.92 Å². The van der Waals surface area contributed by atoms with Crippen LogP contribution >= 0.6 is 0 Å². The minimum absolute atomic E-state index is 0.0419. The maximum absolute atomic E-state index is 11.7. The fraction of sp³-hybridized carbons (Fsp3) is 0.500. The molecule has 86 valence electrons. The summed E-state index contributed by atoms with van der Waals surface area (Å²) >= 11 is 0. The number of sulfonamides is 1. The van der Waals surface area contributed by atoms with Crippen molar-refractivity contribution in [1.29, 1.82) is 0 Å². The molecule has 0 atom stereocenters. The average molecular weight is 234 g/mol. The molecule has 0 saturated carbocycles. The summed E-state index contributed by atoms with van der Waals surface area (Å²) in [6.45, 7) is 1.21. The van der Waals surface area contributed by atoms with Crippen molar-refractivity contribution in [2.75, 3.05) is 14.1 Å². The Morgan fingerprint density at radius 2 is 2.13 bits per heavy atom. The second-order valence-corrected chi connectivity index (χ2v) is 4.91. The number of aliphatic hydroxyl groups is 1. The molecule has 1 aromatic heterocycles. The summed E-state index contributed by atoms with van der Waals surface area (Å²) in [6.07, 6.45) is 0. The molecule has 2 N–H and O–H groups in total. The Balaban J connectivity index is 3.09. The number of hydrogen-bond acceptors (Lipinski definition) is 5. The lowest BCUT2D eigenvalue weighted by molar-refractivity contribution is 0.244. The van der Waals surface area contributed by atoms with Crippen molar-refractivity contribution in [2.24, 2.45) is 0 Å². The summed E-state index contributed by atoms with van der Waals surface area (Å²) in [5.74, 6) is 0.486. The molecule has 0 aliphatic heterocycles. The third-order valence-electron chi connectivity index (χ3n) is 1.67. The quantitative estimate of drug-likeness (QED) is 0.707. The van der Waals surface area contributed by atoms with Crippen LogP contribution in [0.15, 0.2) is 15.4 Å². The van der Waals surface area contributed by atoms with Gasteiger partial charge in [-0.3, -0.25) is 0 Å². The van der Waals surface area contributed by atoms with E-state index in [2.05, 4.69) is 4.83 Å². The van der Waals surface area contributed by atoms with Gasteiger partial charge in [-0.1, -0.05) is 0 Å². The zero-order chi connectivity index (χ0) is 11.6. The zero-order valence-electron chi connectivity index (χ0n) is 8.81. The molecule has 0 aliphatic rings. The van der Waals surface area contributed by atoms with E-state index in [4.69, 9.17) is 9.52 Å². The van der Waals surface area contributed by atoms with E-state index < -0.39 is 10.0 Å². The molecule has 7 heteroatoms. The predicted molar refractivity (Wildman–Crippen MR) is 53.4 cm³/mol. The molecule has 1 rings (SSSR count). The zero-order valence-corrected chi connectivity index (χ0v) is 9.63. The molecule has 0 saturated heterocycles. The number of rotatable bonds is 4. The minimum atomic E-state index is -3.61. The van der Waals surface area contributed by atoms with Crippen LogP contribution in [-0.4, -0.2) is 32.6 Å². The molecule has 0 spiro atoms. The highest BCUT2D eigenvalue weighted by Gasteiger charge is 2.21. The second-order valence-electron chi connectivity index (χ2n) is 3.28. The van der Waals surface area contributed by atoms with Crippen LogP contribution in [0.4, 0.5) is 0 Å². The minimum Gasteiger partial charge on any atom is -0.462 e. The van der Waals surface area contributed by atoms with Crippen LogP contribution < -0.4 is 4.83 Å². The highest BCUT2D eigenvalue weighted by molar-refractivity contribution is 7.89. The maximum Gasteiger partial charge on any atom is 0.256 e. The van der Waals surface area contributed by atoms with E-state index in [0.29, 0.717) is 0 Å². The van der Waals surface area contributed by atoms with Gasteiger partial charge in [-0.15, -0.1) is 4.83 Å². The summed E-state index contributed by atoms with van der Waals surface area (Å²) in [7, 11) is -0.470. The first-order valence-electron chi connectivity index (χ1n) is 4.26. The Bertz CT molecular complexity index is 435. The van der Waals surface area contributed by atoms with Crippen molar-refractivity contribution in [2.45, 2.75) is 18.4 Å². The van der Waals surface area contributed by atoms with E-state index >= 15 is 0 Å². The number of nitrogens with zero attached hydrogens (tertiary/aromatic N) is 1. The molecular weight excluding hydrogens is 220 g/mol. The second kappa shape index (κ2) is 4.31. The predicted octanol–water partition coefficient (Wildman–Crippen LogP) is -0.165. The Morgan fingerprint density at radius 1 is 1.53 bits per heavy atom. The first kappa shape index (κ1) is 12.2. The van der Waals surface area contributed by atoms with Gasteiger partial charge in [0, 0.05) is 20.2 Å². The van der Waals surface area contributed by atoms with Gasteiger partial charge >= 0.3 is 0 Å². The summed E-state index contributed by atoms with van der Waals surface area (Å²) in [4.78, 5) is 2.32. The van der Waals surface area contributed by atoms with E-state index in [0.717, 1.165) is 0 Å². The van der Waals surface area contributed by atoms with Crippen LogP contribution in [-0.2, 0) is 16.6 Å². The Kier molecular flexibility index (Phi) is 3.50. The van der Waals surface area contributed by atoms with Crippen molar-refractivity contribution in [1.82, 2.24) is 9.84 Å². The number of furan rings is 1. The SMILES string of the molecule is Cc1oc(CO)cc1S(=O)(=O)NN(C)C. The molecule has 0 fully saturated rings. The molecule has 0 aliphatic carbocycles. The highest BCUT2D eigenvalue weighted by Crippen LogP contribution is 2.19. The molecule has 6 nitrogen and oxygen atoms in total. The summed E-state index contributed by atoms with van der Waals surface area (Å²) < 4.78 is 28.4. The van der Waals surface area contributed by atoms with E-state index in [-0.39, 0.29) is 23.0 Å². The largest absolute Gasteiger partial charge is 0.462 e. The Labute approximate surface area is 88.5 Å². The number of nitrogens with one attached hydrogen (secondary N) is 1. The first-order chi connectivity index (χ1) is 6.86. The van der Waals surface area contributed by atoms with Crippen LogP contribution in [0.25, 0.3) is 0 Å². The van der Waals surface area contributed by atoms with Gasteiger partial charge in [-0.2, -0.15) is 0 Å². The van der Waals surface area contributed by atoms with Crippen LogP contribution in [0.3, 0.4) is 0 Å². The first-order valence-corrected chi connectivity index (χ1v) is 5.75.